The van der Waals surface area contributed by atoms with Gasteiger partial charge in [-0.1, -0.05) is 49.8 Å². The minimum absolute atomic E-state index is 0.398. The quantitative estimate of drug-likeness (QED) is 0.497. The second-order valence-corrected chi connectivity index (χ2v) is 7.91. The lowest BCUT2D eigenvalue weighted by Crippen LogP contribution is -2.46. The van der Waals surface area contributed by atoms with Crippen LogP contribution in [0.3, 0.4) is 0 Å². The Morgan fingerprint density at radius 3 is 2.41 bits per heavy atom. The number of halogens is 1. The Hall–Kier alpha value is -2.44. The zero-order valence-electron chi connectivity index (χ0n) is 16.4. The van der Waals surface area contributed by atoms with Crippen molar-refractivity contribution in [3.05, 3.63) is 64.7 Å². The molecule has 0 aromatic heterocycles. The molecule has 2 aliphatic heterocycles. The van der Waals surface area contributed by atoms with Crippen molar-refractivity contribution in [3.8, 4) is 0 Å². The minimum atomic E-state index is -1.33. The third-order valence-electron chi connectivity index (χ3n) is 5.06. The molecule has 0 fully saturated rings. The molecule has 2 aliphatic rings. The van der Waals surface area contributed by atoms with Crippen molar-refractivity contribution >= 4 is 46.3 Å². The highest BCUT2D eigenvalue weighted by Gasteiger charge is 2.57. The van der Waals surface area contributed by atoms with Gasteiger partial charge in [0.05, 0.1) is 11.1 Å². The highest BCUT2D eigenvalue weighted by atomic mass is 35.5. The number of esters is 1. The Kier molecular flexibility index (Phi) is 5.32. The second kappa shape index (κ2) is 7.76. The molecule has 2 aromatic carbocycles. The van der Waals surface area contributed by atoms with Gasteiger partial charge in [0, 0.05) is 23.8 Å². The van der Waals surface area contributed by atoms with Crippen LogP contribution >= 0.6 is 23.8 Å². The largest absolute Gasteiger partial charge is 0.409 e. The number of fused-ring (bicyclic) bond motifs is 2. The molecule has 7 heteroatoms. The summed E-state index contributed by atoms with van der Waals surface area (Å²) >= 11 is 12.0. The molecule has 0 saturated carbocycles. The van der Waals surface area contributed by atoms with Gasteiger partial charge in [0.25, 0.3) is 0 Å². The van der Waals surface area contributed by atoms with Gasteiger partial charge >= 0.3 is 11.8 Å². The molecule has 0 amide bonds. The van der Waals surface area contributed by atoms with Gasteiger partial charge in [0.15, 0.2) is 10.8 Å². The summed E-state index contributed by atoms with van der Waals surface area (Å²) in [5.74, 6) is -1.04. The number of amidine groups is 1. The van der Waals surface area contributed by atoms with Crippen LogP contribution < -0.4 is 4.90 Å². The summed E-state index contributed by atoms with van der Waals surface area (Å²) in [4.78, 5) is 22.2. The van der Waals surface area contributed by atoms with Crippen molar-refractivity contribution in [2.45, 2.75) is 32.5 Å². The number of nitrogens with zero attached hydrogens (tertiary/aromatic N) is 3. The number of hydrogen-bond acceptors (Lipinski definition) is 5. The zero-order valence-corrected chi connectivity index (χ0v) is 18.0. The molecule has 150 valence electrons. The van der Waals surface area contributed by atoms with E-state index in [2.05, 4.69) is 18.7 Å². The maximum atomic E-state index is 12.7. The second-order valence-electron chi connectivity index (χ2n) is 7.08. The molecule has 4 rings (SSSR count). The van der Waals surface area contributed by atoms with Crippen molar-refractivity contribution in [3.63, 3.8) is 0 Å². The van der Waals surface area contributed by atoms with E-state index < -0.39 is 11.8 Å². The molecule has 1 atom stereocenters. The van der Waals surface area contributed by atoms with Crippen LogP contribution in [0.25, 0.3) is 0 Å². The van der Waals surface area contributed by atoms with Gasteiger partial charge in [-0.3, -0.25) is 4.90 Å². The molecule has 0 bridgehead atoms. The molecule has 0 radical (unpaired) electrons. The summed E-state index contributed by atoms with van der Waals surface area (Å²) < 4.78 is 5.94. The molecule has 2 aromatic rings. The standard InChI is InChI=1S/C22H22ClN3O2S/c1-3-13-25(14-4-2)19-20(29)26(16-11-9-15(23)10-12-16)22(24-19)18-8-6-5-7-17(18)21(27)28-22/h5-12H,3-4,13-14H2,1-2H3. The molecule has 2 heterocycles. The van der Waals surface area contributed by atoms with Crippen LogP contribution in [0.5, 0.6) is 0 Å². The van der Waals surface area contributed by atoms with Crippen LogP contribution in [0.4, 0.5) is 5.69 Å². The van der Waals surface area contributed by atoms with Gasteiger partial charge in [-0.15, -0.1) is 0 Å². The van der Waals surface area contributed by atoms with E-state index >= 15 is 0 Å². The lowest BCUT2D eigenvalue weighted by Gasteiger charge is -2.33. The SMILES string of the molecule is CCCN(CCC)C1=NC2(OC(=O)c3ccccc32)N(c2ccc(Cl)cc2)C1=S. The fourth-order valence-corrected chi connectivity index (χ4v) is 4.39. The summed E-state index contributed by atoms with van der Waals surface area (Å²) in [6, 6.07) is 14.7. The zero-order chi connectivity index (χ0) is 20.6. The first-order valence-electron chi connectivity index (χ1n) is 9.79. The first-order valence-corrected chi connectivity index (χ1v) is 10.6. The average Bonchev–Trinajstić information content (AvgIpc) is 3.17. The topological polar surface area (TPSA) is 45.1 Å². The number of hydrogen-bond donors (Lipinski definition) is 0. The Morgan fingerprint density at radius 1 is 1.10 bits per heavy atom. The summed E-state index contributed by atoms with van der Waals surface area (Å²) in [6.07, 6.45) is 1.93. The van der Waals surface area contributed by atoms with E-state index in [4.69, 9.17) is 33.5 Å². The number of carbonyl (C=O) groups excluding carboxylic acids is 1. The van der Waals surface area contributed by atoms with Gasteiger partial charge < -0.3 is 9.64 Å². The van der Waals surface area contributed by atoms with E-state index in [1.165, 1.54) is 0 Å². The summed E-state index contributed by atoms with van der Waals surface area (Å²) in [6.45, 7) is 5.90. The lowest BCUT2D eigenvalue weighted by atomic mass is 10.0. The van der Waals surface area contributed by atoms with Gasteiger partial charge in [-0.05, 0) is 49.2 Å². The molecular formula is C22H22ClN3O2S. The van der Waals surface area contributed by atoms with Gasteiger partial charge in [-0.2, -0.15) is 4.99 Å². The first-order chi connectivity index (χ1) is 14.0. The van der Waals surface area contributed by atoms with Crippen molar-refractivity contribution < 1.29 is 9.53 Å². The molecule has 5 nitrogen and oxygen atoms in total. The van der Waals surface area contributed by atoms with E-state index in [9.17, 15) is 4.79 Å². The van der Waals surface area contributed by atoms with Crippen LogP contribution in [-0.4, -0.2) is 34.8 Å². The third-order valence-corrected chi connectivity index (χ3v) is 5.68. The molecule has 0 N–H and O–H groups in total. The van der Waals surface area contributed by atoms with Crippen LogP contribution in [0.15, 0.2) is 53.5 Å². The third kappa shape index (κ3) is 3.20. The Morgan fingerprint density at radius 2 is 1.76 bits per heavy atom. The normalized spacial score (nSPS) is 20.1. The van der Waals surface area contributed by atoms with Crippen LogP contribution in [0.1, 0.15) is 42.6 Å². The van der Waals surface area contributed by atoms with Crippen LogP contribution in [0, 0.1) is 0 Å². The number of carbonyl (C=O) groups is 1. The summed E-state index contributed by atoms with van der Waals surface area (Å²) in [7, 11) is 0. The Balaban J connectivity index is 1.90. The van der Waals surface area contributed by atoms with Crippen molar-refractivity contribution in [2.75, 3.05) is 18.0 Å². The van der Waals surface area contributed by atoms with Crippen LogP contribution in [-0.2, 0) is 10.6 Å². The predicted molar refractivity (Wildman–Crippen MR) is 120 cm³/mol. The predicted octanol–water partition coefficient (Wildman–Crippen LogP) is 4.99. The fourth-order valence-electron chi connectivity index (χ4n) is 3.86. The molecular weight excluding hydrogens is 406 g/mol. The van der Waals surface area contributed by atoms with Crippen molar-refractivity contribution in [1.29, 1.82) is 0 Å². The summed E-state index contributed by atoms with van der Waals surface area (Å²) in [5.41, 5.74) is 1.98. The smallest absolute Gasteiger partial charge is 0.342 e. The first kappa shape index (κ1) is 19.9. The molecule has 1 spiro atoms. The van der Waals surface area contributed by atoms with E-state index in [1.54, 1.807) is 18.2 Å². The number of thiocarbonyl (C=S) groups is 1. The summed E-state index contributed by atoms with van der Waals surface area (Å²) in [5, 5.41) is 0.622. The molecule has 0 saturated heterocycles. The van der Waals surface area contributed by atoms with Crippen molar-refractivity contribution in [1.82, 2.24) is 4.90 Å². The maximum absolute atomic E-state index is 12.7. The lowest BCUT2D eigenvalue weighted by molar-refractivity contribution is 0.00266. The number of anilines is 1. The molecule has 0 aliphatic carbocycles. The van der Waals surface area contributed by atoms with E-state index in [-0.39, 0.29) is 0 Å². The number of rotatable bonds is 5. The minimum Gasteiger partial charge on any atom is -0.409 e. The monoisotopic (exact) mass is 427 g/mol. The Bertz CT molecular complexity index is 986. The van der Waals surface area contributed by atoms with E-state index in [0.717, 1.165) is 31.6 Å². The van der Waals surface area contributed by atoms with Gasteiger partial charge in [-0.25, -0.2) is 4.79 Å². The van der Waals surface area contributed by atoms with Crippen molar-refractivity contribution in [2.24, 2.45) is 4.99 Å². The van der Waals surface area contributed by atoms with Crippen LogP contribution in [0.2, 0.25) is 5.02 Å². The molecule has 1 unspecified atom stereocenters. The Labute approximate surface area is 180 Å². The van der Waals surface area contributed by atoms with E-state index in [0.29, 0.717) is 27.0 Å². The van der Waals surface area contributed by atoms with Gasteiger partial charge in [0.2, 0.25) is 0 Å². The number of benzene rings is 2. The number of aliphatic imine (C=N–C) groups is 1. The molecule has 29 heavy (non-hydrogen) atoms. The number of ether oxygens (including phenoxy) is 1. The van der Waals surface area contributed by atoms with E-state index in [1.807, 2.05) is 35.2 Å². The average molecular weight is 428 g/mol. The maximum Gasteiger partial charge on any atom is 0.342 e. The highest BCUT2D eigenvalue weighted by molar-refractivity contribution is 7.82. The highest BCUT2D eigenvalue weighted by Crippen LogP contribution is 2.46. The fraction of sp³-hybridized carbons (Fsp3) is 0.318. The van der Waals surface area contributed by atoms with Gasteiger partial charge in [0.1, 0.15) is 0 Å².